The van der Waals surface area contributed by atoms with E-state index < -0.39 is 0 Å². The first-order valence-electron chi connectivity index (χ1n) is 6.75. The number of aromatic nitrogens is 1. The van der Waals surface area contributed by atoms with Crippen LogP contribution in [0.3, 0.4) is 0 Å². The van der Waals surface area contributed by atoms with Gasteiger partial charge in [0.1, 0.15) is 0 Å². The van der Waals surface area contributed by atoms with Crippen LogP contribution < -0.4 is 10.6 Å². The van der Waals surface area contributed by atoms with Gasteiger partial charge in [-0.05, 0) is 45.4 Å². The molecule has 0 atom stereocenters. The molecule has 2 rings (SSSR count). The van der Waals surface area contributed by atoms with Gasteiger partial charge in [0, 0.05) is 46.6 Å². The third kappa shape index (κ3) is 2.37. The molecule has 2 N–H and O–H groups in total. The fourth-order valence-corrected chi connectivity index (χ4v) is 2.21. The molecule has 0 aliphatic carbocycles. The van der Waals surface area contributed by atoms with Gasteiger partial charge in [-0.15, -0.1) is 0 Å². The Hall–Kier alpha value is -1.77. The summed E-state index contributed by atoms with van der Waals surface area (Å²) < 4.78 is 0. The normalized spacial score (nSPS) is 11.8. The fraction of sp³-hybridized carbons (Fsp3) is 0.438. The monoisotopic (exact) mass is 257 g/mol. The maximum absolute atomic E-state index is 6.06. The van der Waals surface area contributed by atoms with Crippen LogP contribution >= 0.6 is 0 Å². The van der Waals surface area contributed by atoms with Crippen LogP contribution in [0.2, 0.25) is 0 Å². The molecule has 0 unspecified atom stereocenters. The smallest absolute Gasteiger partial charge is 0.0450 e. The third-order valence-electron chi connectivity index (χ3n) is 4.18. The predicted octanol–water partition coefficient (Wildman–Crippen LogP) is 3.75. The number of hydrogen-bond acceptors (Lipinski definition) is 3. The van der Waals surface area contributed by atoms with Gasteiger partial charge in [0.2, 0.25) is 0 Å². The molecule has 102 valence electrons. The SMILES string of the molecule is CCC(C)(C)N(C)c1ccc(N)c2cnc(C)cc12. The van der Waals surface area contributed by atoms with Gasteiger partial charge in [0.05, 0.1) is 0 Å². The zero-order valence-corrected chi connectivity index (χ0v) is 12.5. The molecule has 1 heterocycles. The highest BCUT2D eigenvalue weighted by Gasteiger charge is 2.23. The highest BCUT2D eigenvalue weighted by atomic mass is 15.2. The molecule has 0 radical (unpaired) electrons. The maximum Gasteiger partial charge on any atom is 0.0450 e. The van der Waals surface area contributed by atoms with Crippen LogP contribution in [0.15, 0.2) is 24.4 Å². The van der Waals surface area contributed by atoms with Gasteiger partial charge < -0.3 is 10.6 Å². The van der Waals surface area contributed by atoms with Crippen LogP contribution in [0, 0.1) is 6.92 Å². The molecule has 0 amide bonds. The van der Waals surface area contributed by atoms with E-state index in [0.717, 1.165) is 23.2 Å². The van der Waals surface area contributed by atoms with Gasteiger partial charge in [0.25, 0.3) is 0 Å². The number of nitrogens with zero attached hydrogens (tertiary/aromatic N) is 2. The molecule has 3 heteroatoms. The first kappa shape index (κ1) is 13.7. The van der Waals surface area contributed by atoms with Crippen molar-refractivity contribution in [3.8, 4) is 0 Å². The van der Waals surface area contributed by atoms with Gasteiger partial charge >= 0.3 is 0 Å². The summed E-state index contributed by atoms with van der Waals surface area (Å²) in [6, 6.07) is 6.19. The minimum atomic E-state index is 0.111. The van der Waals surface area contributed by atoms with E-state index in [-0.39, 0.29) is 5.54 Å². The minimum Gasteiger partial charge on any atom is -0.398 e. The van der Waals surface area contributed by atoms with Crippen molar-refractivity contribution in [2.45, 2.75) is 39.7 Å². The van der Waals surface area contributed by atoms with Crippen LogP contribution in [0.4, 0.5) is 11.4 Å². The second kappa shape index (κ2) is 4.72. The predicted molar refractivity (Wildman–Crippen MR) is 83.7 cm³/mol. The van der Waals surface area contributed by atoms with Crippen molar-refractivity contribution in [1.29, 1.82) is 0 Å². The van der Waals surface area contributed by atoms with Gasteiger partial charge in [-0.1, -0.05) is 6.92 Å². The van der Waals surface area contributed by atoms with Gasteiger partial charge in [-0.2, -0.15) is 0 Å². The molecule has 0 saturated carbocycles. The van der Waals surface area contributed by atoms with Crippen LogP contribution in [0.25, 0.3) is 10.8 Å². The molecule has 0 saturated heterocycles. The molecule has 0 aliphatic heterocycles. The van der Waals surface area contributed by atoms with Crippen molar-refractivity contribution in [1.82, 2.24) is 4.98 Å². The Bertz CT molecular complexity index is 602. The van der Waals surface area contributed by atoms with Crippen molar-refractivity contribution in [3.63, 3.8) is 0 Å². The Morgan fingerprint density at radius 3 is 2.58 bits per heavy atom. The Balaban J connectivity index is 2.67. The standard InChI is InChI=1S/C16H23N3/c1-6-16(3,4)19(5)15-8-7-14(17)13-10-18-11(2)9-12(13)15/h7-10H,6,17H2,1-5H3. The highest BCUT2D eigenvalue weighted by molar-refractivity contribution is 6.01. The second-order valence-corrected chi connectivity index (χ2v) is 5.77. The van der Waals surface area contributed by atoms with Crippen molar-refractivity contribution in [3.05, 3.63) is 30.1 Å². The number of nitrogen functional groups attached to an aromatic ring is 1. The Morgan fingerprint density at radius 1 is 1.26 bits per heavy atom. The van der Waals surface area contributed by atoms with Gasteiger partial charge in [-0.25, -0.2) is 0 Å². The molecule has 1 aromatic heterocycles. The molecular weight excluding hydrogens is 234 g/mol. The Kier molecular flexibility index (Phi) is 3.40. The summed E-state index contributed by atoms with van der Waals surface area (Å²) in [6.45, 7) is 8.73. The summed E-state index contributed by atoms with van der Waals surface area (Å²) in [5, 5.41) is 2.21. The van der Waals surface area contributed by atoms with Crippen molar-refractivity contribution in [2.75, 3.05) is 17.7 Å². The lowest BCUT2D eigenvalue weighted by Crippen LogP contribution is -2.40. The Morgan fingerprint density at radius 2 is 1.95 bits per heavy atom. The number of fused-ring (bicyclic) bond motifs is 1. The molecule has 3 nitrogen and oxygen atoms in total. The first-order chi connectivity index (χ1) is 8.86. The van der Waals surface area contributed by atoms with Crippen LogP contribution in [0.5, 0.6) is 0 Å². The zero-order valence-electron chi connectivity index (χ0n) is 12.5. The van der Waals surface area contributed by atoms with E-state index in [2.05, 4.69) is 49.8 Å². The summed E-state index contributed by atoms with van der Waals surface area (Å²) in [7, 11) is 2.14. The topological polar surface area (TPSA) is 42.1 Å². The first-order valence-corrected chi connectivity index (χ1v) is 6.75. The van der Waals surface area contributed by atoms with E-state index >= 15 is 0 Å². The fourth-order valence-electron chi connectivity index (χ4n) is 2.21. The average Bonchev–Trinajstić information content (AvgIpc) is 2.38. The van der Waals surface area contributed by atoms with E-state index in [1.165, 1.54) is 11.1 Å². The zero-order chi connectivity index (χ0) is 14.2. The van der Waals surface area contributed by atoms with E-state index in [9.17, 15) is 0 Å². The number of benzene rings is 1. The summed E-state index contributed by atoms with van der Waals surface area (Å²) in [5.41, 5.74) is 9.18. The number of rotatable bonds is 3. The summed E-state index contributed by atoms with van der Waals surface area (Å²) in [5.74, 6) is 0. The maximum atomic E-state index is 6.06. The average molecular weight is 257 g/mol. The van der Waals surface area contributed by atoms with Crippen molar-refractivity contribution >= 4 is 22.1 Å². The van der Waals surface area contributed by atoms with Gasteiger partial charge in [-0.3, -0.25) is 4.98 Å². The summed E-state index contributed by atoms with van der Waals surface area (Å²) in [4.78, 5) is 6.68. The number of aryl methyl sites for hydroxylation is 1. The van der Waals surface area contributed by atoms with Crippen molar-refractivity contribution < 1.29 is 0 Å². The van der Waals surface area contributed by atoms with Crippen LogP contribution in [0.1, 0.15) is 32.9 Å². The van der Waals surface area contributed by atoms with E-state index in [0.29, 0.717) is 0 Å². The molecular formula is C16H23N3. The second-order valence-electron chi connectivity index (χ2n) is 5.77. The minimum absolute atomic E-state index is 0.111. The van der Waals surface area contributed by atoms with E-state index in [1.54, 1.807) is 0 Å². The summed E-state index contributed by atoms with van der Waals surface area (Å²) in [6.07, 6.45) is 2.95. The third-order valence-corrected chi connectivity index (χ3v) is 4.18. The summed E-state index contributed by atoms with van der Waals surface area (Å²) >= 11 is 0. The highest BCUT2D eigenvalue weighted by Crippen LogP contribution is 2.34. The molecule has 0 aliphatic rings. The van der Waals surface area contributed by atoms with Crippen molar-refractivity contribution in [2.24, 2.45) is 0 Å². The quantitative estimate of drug-likeness (QED) is 0.851. The van der Waals surface area contributed by atoms with Gasteiger partial charge in [0.15, 0.2) is 0 Å². The molecule has 0 fully saturated rings. The number of anilines is 2. The van der Waals surface area contributed by atoms with Crippen LogP contribution in [-0.2, 0) is 0 Å². The molecule has 0 bridgehead atoms. The number of hydrogen-bond donors (Lipinski definition) is 1. The molecule has 19 heavy (non-hydrogen) atoms. The molecule has 2 aromatic rings. The molecule has 0 spiro atoms. The Labute approximate surface area is 115 Å². The van der Waals surface area contributed by atoms with E-state index in [1.807, 2.05) is 19.2 Å². The lowest BCUT2D eigenvalue weighted by atomic mass is 9.97. The van der Waals surface area contributed by atoms with E-state index in [4.69, 9.17) is 5.73 Å². The number of pyridine rings is 1. The lowest BCUT2D eigenvalue weighted by molar-refractivity contribution is 0.472. The van der Waals surface area contributed by atoms with Crippen LogP contribution in [-0.4, -0.2) is 17.6 Å². The lowest BCUT2D eigenvalue weighted by Gasteiger charge is -2.37. The largest absolute Gasteiger partial charge is 0.398 e. The molecule has 1 aromatic carbocycles. The number of nitrogens with two attached hydrogens (primary N) is 1.